The fourth-order valence-electron chi connectivity index (χ4n) is 3.50. The van der Waals surface area contributed by atoms with Crippen LogP contribution in [0, 0.1) is 11.6 Å². The molecule has 3 N–H and O–H groups in total. The maximum atomic E-state index is 14.0. The normalized spacial score (nSPS) is 11.1. The molecule has 5 rings (SSSR count). The molecule has 9 heteroatoms. The largest absolute Gasteiger partial charge is 0.383 e. The molecular formula is C24H17ClF2N6. The van der Waals surface area contributed by atoms with Gasteiger partial charge in [-0.2, -0.15) is 4.98 Å². The molecule has 0 radical (unpaired) electrons. The van der Waals surface area contributed by atoms with Crippen LogP contribution in [0.4, 0.5) is 20.5 Å². The van der Waals surface area contributed by atoms with Crippen molar-refractivity contribution in [2.24, 2.45) is 0 Å². The van der Waals surface area contributed by atoms with E-state index in [-0.39, 0.29) is 24.1 Å². The van der Waals surface area contributed by atoms with Crippen LogP contribution in [-0.4, -0.2) is 19.7 Å². The van der Waals surface area contributed by atoms with Crippen molar-refractivity contribution in [1.29, 1.82) is 0 Å². The SMILES string of the molecule is Nc1c2c(-c3ccc(F)cc3)nc(NCc3ccccc3F)nc2nn1-c1ccc(Cl)cc1. The second-order valence-electron chi connectivity index (χ2n) is 7.32. The highest BCUT2D eigenvalue weighted by Gasteiger charge is 2.19. The number of hydrogen-bond acceptors (Lipinski definition) is 5. The summed E-state index contributed by atoms with van der Waals surface area (Å²) >= 11 is 6.00. The third-order valence-corrected chi connectivity index (χ3v) is 5.40. The number of halogens is 3. The van der Waals surface area contributed by atoms with Gasteiger partial charge >= 0.3 is 0 Å². The summed E-state index contributed by atoms with van der Waals surface area (Å²) in [7, 11) is 0. The van der Waals surface area contributed by atoms with Gasteiger partial charge in [0.1, 0.15) is 17.5 Å². The summed E-state index contributed by atoms with van der Waals surface area (Å²) in [4.78, 5) is 9.10. The number of aromatic nitrogens is 4. The summed E-state index contributed by atoms with van der Waals surface area (Å²) in [5, 5.41) is 8.71. The first-order valence-corrected chi connectivity index (χ1v) is 10.4. The summed E-state index contributed by atoms with van der Waals surface area (Å²) in [5.74, 6) is -0.133. The van der Waals surface area contributed by atoms with Gasteiger partial charge in [-0.3, -0.25) is 0 Å². The van der Waals surface area contributed by atoms with Crippen LogP contribution in [-0.2, 0) is 6.54 Å². The van der Waals surface area contributed by atoms with Crippen molar-refractivity contribution in [2.75, 3.05) is 11.1 Å². The zero-order valence-corrected chi connectivity index (χ0v) is 17.9. The number of nitrogens with zero attached hydrogens (tertiary/aromatic N) is 4. The van der Waals surface area contributed by atoms with Gasteiger partial charge < -0.3 is 11.1 Å². The molecule has 33 heavy (non-hydrogen) atoms. The summed E-state index contributed by atoms with van der Waals surface area (Å²) in [6, 6.07) is 19.4. The second-order valence-corrected chi connectivity index (χ2v) is 7.76. The van der Waals surface area contributed by atoms with E-state index in [9.17, 15) is 8.78 Å². The van der Waals surface area contributed by atoms with Crippen molar-refractivity contribution in [2.45, 2.75) is 6.54 Å². The maximum Gasteiger partial charge on any atom is 0.225 e. The fourth-order valence-corrected chi connectivity index (χ4v) is 3.63. The van der Waals surface area contributed by atoms with Gasteiger partial charge in [-0.15, -0.1) is 5.10 Å². The lowest BCUT2D eigenvalue weighted by Crippen LogP contribution is -2.06. The van der Waals surface area contributed by atoms with Crippen LogP contribution >= 0.6 is 11.6 Å². The molecule has 0 saturated carbocycles. The Balaban J connectivity index is 1.64. The van der Waals surface area contributed by atoms with E-state index in [4.69, 9.17) is 17.3 Å². The van der Waals surface area contributed by atoms with Crippen LogP contribution in [0.2, 0.25) is 5.02 Å². The lowest BCUT2D eigenvalue weighted by molar-refractivity contribution is 0.612. The zero-order valence-electron chi connectivity index (χ0n) is 17.1. The van der Waals surface area contributed by atoms with E-state index in [1.807, 2.05) is 0 Å². The minimum Gasteiger partial charge on any atom is -0.383 e. The smallest absolute Gasteiger partial charge is 0.225 e. The number of nitrogen functional groups attached to an aromatic ring is 1. The van der Waals surface area contributed by atoms with E-state index in [0.29, 0.717) is 44.4 Å². The van der Waals surface area contributed by atoms with E-state index in [1.54, 1.807) is 59.3 Å². The van der Waals surface area contributed by atoms with Gasteiger partial charge in [0.15, 0.2) is 5.65 Å². The molecule has 5 aromatic rings. The van der Waals surface area contributed by atoms with E-state index in [2.05, 4.69) is 20.4 Å². The number of nitrogens with two attached hydrogens (primary N) is 1. The Morgan fingerprint density at radius 3 is 2.36 bits per heavy atom. The molecule has 0 aliphatic heterocycles. The Morgan fingerprint density at radius 2 is 1.64 bits per heavy atom. The van der Waals surface area contributed by atoms with Crippen LogP contribution in [0.5, 0.6) is 0 Å². The first kappa shape index (κ1) is 20.8. The molecule has 0 saturated heterocycles. The quantitative estimate of drug-likeness (QED) is 0.355. The van der Waals surface area contributed by atoms with Crippen LogP contribution in [0.1, 0.15) is 5.56 Å². The molecule has 0 aliphatic carbocycles. The van der Waals surface area contributed by atoms with Gasteiger partial charge in [0.2, 0.25) is 5.95 Å². The predicted octanol–water partition coefficient (Wildman–Crippen LogP) is 5.61. The second kappa shape index (κ2) is 8.48. The molecule has 0 bridgehead atoms. The number of anilines is 2. The summed E-state index contributed by atoms with van der Waals surface area (Å²) in [6.07, 6.45) is 0. The Bertz CT molecular complexity index is 1450. The first-order chi connectivity index (χ1) is 16.0. The lowest BCUT2D eigenvalue weighted by atomic mass is 10.1. The monoisotopic (exact) mass is 462 g/mol. The molecule has 2 heterocycles. The Hall–Kier alpha value is -4.04. The van der Waals surface area contributed by atoms with Gasteiger partial charge in [0, 0.05) is 22.7 Å². The third kappa shape index (κ3) is 4.08. The van der Waals surface area contributed by atoms with Crippen LogP contribution in [0.25, 0.3) is 28.0 Å². The molecule has 0 unspecified atom stereocenters. The van der Waals surface area contributed by atoms with E-state index in [0.717, 1.165) is 0 Å². The predicted molar refractivity (Wildman–Crippen MR) is 125 cm³/mol. The number of hydrogen-bond donors (Lipinski definition) is 2. The molecule has 2 aromatic heterocycles. The minimum absolute atomic E-state index is 0.175. The minimum atomic E-state index is -0.369. The van der Waals surface area contributed by atoms with Crippen molar-refractivity contribution in [3.63, 3.8) is 0 Å². The highest BCUT2D eigenvalue weighted by Crippen LogP contribution is 2.33. The van der Waals surface area contributed by atoms with E-state index in [1.165, 1.54) is 18.2 Å². The van der Waals surface area contributed by atoms with Gasteiger partial charge in [-0.25, -0.2) is 18.4 Å². The summed E-state index contributed by atoms with van der Waals surface area (Å²) in [5.41, 5.74) is 9.08. The van der Waals surface area contributed by atoms with E-state index < -0.39 is 0 Å². The van der Waals surface area contributed by atoms with Crippen LogP contribution in [0.15, 0.2) is 72.8 Å². The number of rotatable bonds is 5. The van der Waals surface area contributed by atoms with Gasteiger partial charge in [0.25, 0.3) is 0 Å². The Kier molecular flexibility index (Phi) is 5.35. The molecular weight excluding hydrogens is 446 g/mol. The maximum absolute atomic E-state index is 14.0. The number of fused-ring (bicyclic) bond motifs is 1. The lowest BCUT2D eigenvalue weighted by Gasteiger charge is -2.09. The highest BCUT2D eigenvalue weighted by molar-refractivity contribution is 6.30. The third-order valence-electron chi connectivity index (χ3n) is 5.15. The van der Waals surface area contributed by atoms with Crippen molar-refractivity contribution in [3.8, 4) is 16.9 Å². The van der Waals surface area contributed by atoms with Gasteiger partial charge in [0.05, 0.1) is 16.8 Å². The topological polar surface area (TPSA) is 81.7 Å². The average Bonchev–Trinajstić information content (AvgIpc) is 3.15. The molecule has 0 spiro atoms. The summed E-state index contributed by atoms with van der Waals surface area (Å²) in [6.45, 7) is 0.175. The Labute approximate surface area is 192 Å². The standard InChI is InChI=1S/C24H17ClF2N6/c25-16-7-11-18(12-8-16)33-22(28)20-21(14-5-9-17(26)10-6-14)30-24(31-23(20)32-33)29-13-15-3-1-2-4-19(15)27/h1-12H,13,28H2,(H,29,31,32). The van der Waals surface area contributed by atoms with Crippen molar-refractivity contribution >= 4 is 34.4 Å². The van der Waals surface area contributed by atoms with Crippen molar-refractivity contribution < 1.29 is 8.78 Å². The fraction of sp³-hybridized carbons (Fsp3) is 0.0417. The van der Waals surface area contributed by atoms with Crippen molar-refractivity contribution in [1.82, 2.24) is 19.7 Å². The zero-order chi connectivity index (χ0) is 22.9. The molecule has 164 valence electrons. The Morgan fingerprint density at radius 1 is 0.909 bits per heavy atom. The molecule has 3 aromatic carbocycles. The van der Waals surface area contributed by atoms with Gasteiger partial charge in [-0.1, -0.05) is 29.8 Å². The van der Waals surface area contributed by atoms with Crippen LogP contribution in [0.3, 0.4) is 0 Å². The van der Waals surface area contributed by atoms with Crippen molar-refractivity contribution in [3.05, 3.63) is 95.0 Å². The number of benzene rings is 3. The van der Waals surface area contributed by atoms with E-state index >= 15 is 0 Å². The van der Waals surface area contributed by atoms with Crippen LogP contribution < -0.4 is 11.1 Å². The summed E-state index contributed by atoms with van der Waals surface area (Å²) < 4.78 is 29.1. The molecule has 0 amide bonds. The first-order valence-electron chi connectivity index (χ1n) is 10.0. The molecule has 0 aliphatic rings. The molecule has 0 atom stereocenters. The highest BCUT2D eigenvalue weighted by atomic mass is 35.5. The number of nitrogens with one attached hydrogen (secondary N) is 1. The average molecular weight is 463 g/mol. The molecule has 6 nitrogen and oxygen atoms in total. The molecule has 0 fully saturated rings. The van der Waals surface area contributed by atoms with Gasteiger partial charge in [-0.05, 0) is 54.6 Å².